The molecular formula is C15H21N5O2. The highest BCUT2D eigenvalue weighted by Crippen LogP contribution is 2.36. The summed E-state index contributed by atoms with van der Waals surface area (Å²) in [6.07, 6.45) is 2.48. The molecule has 0 amide bonds. The lowest BCUT2D eigenvalue weighted by Crippen LogP contribution is -2.60. The minimum Gasteiger partial charge on any atom is -0.378 e. The molecule has 4 rings (SSSR count). The molecular weight excluding hydrogens is 282 g/mol. The highest BCUT2D eigenvalue weighted by Gasteiger charge is 2.47. The van der Waals surface area contributed by atoms with Gasteiger partial charge in [0.2, 0.25) is 0 Å². The second kappa shape index (κ2) is 4.63. The molecule has 2 fully saturated rings. The average Bonchev–Trinajstić information content (AvgIpc) is 3.05. The molecule has 1 spiro atoms. The van der Waals surface area contributed by atoms with Crippen molar-refractivity contribution in [3.63, 3.8) is 0 Å². The van der Waals surface area contributed by atoms with Crippen molar-refractivity contribution in [2.45, 2.75) is 38.4 Å². The Morgan fingerprint density at radius 3 is 2.91 bits per heavy atom. The molecule has 2 aliphatic heterocycles. The number of ether oxygens (including phenoxy) is 2. The smallest absolute Gasteiger partial charge is 0.254 e. The van der Waals surface area contributed by atoms with Gasteiger partial charge in [-0.05, 0) is 20.8 Å². The van der Waals surface area contributed by atoms with Gasteiger partial charge in [0.05, 0.1) is 18.8 Å². The van der Waals surface area contributed by atoms with Crippen molar-refractivity contribution >= 4 is 11.6 Å². The molecule has 0 aromatic carbocycles. The van der Waals surface area contributed by atoms with Crippen molar-refractivity contribution < 1.29 is 9.47 Å². The first-order valence-electron chi connectivity index (χ1n) is 7.67. The molecule has 2 aliphatic rings. The van der Waals surface area contributed by atoms with Gasteiger partial charge in [0, 0.05) is 31.3 Å². The summed E-state index contributed by atoms with van der Waals surface area (Å²) in [4.78, 5) is 11.0. The Hall–Kier alpha value is -1.73. The predicted molar refractivity (Wildman–Crippen MR) is 81.1 cm³/mol. The Morgan fingerprint density at radius 2 is 2.14 bits per heavy atom. The van der Waals surface area contributed by atoms with Crippen LogP contribution in [0.15, 0.2) is 12.4 Å². The van der Waals surface area contributed by atoms with Crippen molar-refractivity contribution in [3.05, 3.63) is 18.1 Å². The molecule has 7 heteroatoms. The zero-order valence-corrected chi connectivity index (χ0v) is 13.2. The van der Waals surface area contributed by atoms with Crippen LogP contribution in [-0.4, -0.2) is 57.1 Å². The molecule has 0 radical (unpaired) electrons. The molecule has 22 heavy (non-hydrogen) atoms. The second-order valence-corrected chi connectivity index (χ2v) is 6.93. The van der Waals surface area contributed by atoms with E-state index in [9.17, 15) is 0 Å². The summed E-state index contributed by atoms with van der Waals surface area (Å²) < 4.78 is 13.8. The maximum absolute atomic E-state index is 6.37. The summed E-state index contributed by atoms with van der Waals surface area (Å²) in [7, 11) is 0. The van der Waals surface area contributed by atoms with Gasteiger partial charge in [-0.25, -0.2) is 4.98 Å². The number of nitrogens with zero attached hydrogens (tertiary/aromatic N) is 5. The first-order valence-corrected chi connectivity index (χ1v) is 7.67. The molecule has 1 atom stereocenters. The van der Waals surface area contributed by atoms with Gasteiger partial charge in [-0.2, -0.15) is 14.6 Å². The van der Waals surface area contributed by atoms with Crippen LogP contribution in [0.25, 0.3) is 5.78 Å². The van der Waals surface area contributed by atoms with E-state index in [1.54, 1.807) is 10.8 Å². The lowest BCUT2D eigenvalue weighted by Gasteiger charge is -2.48. The van der Waals surface area contributed by atoms with Gasteiger partial charge in [0.15, 0.2) is 0 Å². The van der Waals surface area contributed by atoms with Gasteiger partial charge in [-0.1, -0.05) is 0 Å². The number of aryl methyl sites for hydroxylation is 1. The third kappa shape index (κ3) is 2.24. The lowest BCUT2D eigenvalue weighted by atomic mass is 9.95. The van der Waals surface area contributed by atoms with Crippen LogP contribution in [0, 0.1) is 6.92 Å². The van der Waals surface area contributed by atoms with Gasteiger partial charge < -0.3 is 14.4 Å². The molecule has 2 aromatic heterocycles. The second-order valence-electron chi connectivity index (χ2n) is 6.93. The number of fused-ring (bicyclic) bond motifs is 1. The normalized spacial score (nSPS) is 27.9. The van der Waals surface area contributed by atoms with Gasteiger partial charge in [-0.3, -0.25) is 0 Å². The molecule has 2 saturated heterocycles. The van der Waals surface area contributed by atoms with Crippen molar-refractivity contribution in [2.75, 3.05) is 31.2 Å². The third-order valence-corrected chi connectivity index (χ3v) is 4.30. The Labute approximate surface area is 129 Å². The van der Waals surface area contributed by atoms with Crippen LogP contribution in [-0.2, 0) is 9.47 Å². The summed E-state index contributed by atoms with van der Waals surface area (Å²) in [6.45, 7) is 9.26. The molecule has 0 saturated carbocycles. The zero-order valence-electron chi connectivity index (χ0n) is 13.2. The summed E-state index contributed by atoms with van der Waals surface area (Å²) in [5.41, 5.74) is 0.471. The molecule has 7 nitrogen and oxygen atoms in total. The average molecular weight is 303 g/mol. The molecule has 2 aromatic rings. The highest BCUT2D eigenvalue weighted by atomic mass is 16.6. The quantitative estimate of drug-likeness (QED) is 0.789. The largest absolute Gasteiger partial charge is 0.378 e. The Kier molecular flexibility index (Phi) is 2.93. The number of hydrogen-bond acceptors (Lipinski definition) is 6. The van der Waals surface area contributed by atoms with Gasteiger partial charge >= 0.3 is 0 Å². The van der Waals surface area contributed by atoms with E-state index in [1.807, 2.05) is 6.92 Å². The minimum atomic E-state index is -0.240. The SMILES string of the molecule is Cc1cc(N2CC(C)(C)OC3(CCOC3)C2)n2ncnc2n1. The topological polar surface area (TPSA) is 64.8 Å². The van der Waals surface area contributed by atoms with Gasteiger partial charge in [0.1, 0.15) is 17.7 Å². The van der Waals surface area contributed by atoms with Crippen LogP contribution in [0.5, 0.6) is 0 Å². The molecule has 0 aliphatic carbocycles. The van der Waals surface area contributed by atoms with Crippen LogP contribution >= 0.6 is 0 Å². The maximum Gasteiger partial charge on any atom is 0.254 e. The van der Waals surface area contributed by atoms with Crippen LogP contribution in [0.1, 0.15) is 26.0 Å². The number of hydrogen-bond donors (Lipinski definition) is 0. The number of anilines is 1. The van der Waals surface area contributed by atoms with E-state index in [-0.39, 0.29) is 11.2 Å². The van der Waals surface area contributed by atoms with E-state index >= 15 is 0 Å². The standard InChI is InChI=1S/C15H21N5O2/c1-11-6-12(20-13(18-11)16-10-17-20)19-7-14(2,3)22-15(8-19)4-5-21-9-15/h6,10H,4-5,7-9H2,1-3H3. The van der Waals surface area contributed by atoms with Crippen LogP contribution < -0.4 is 4.90 Å². The maximum atomic E-state index is 6.37. The summed E-state index contributed by atoms with van der Waals surface area (Å²) in [5, 5.41) is 4.33. The van der Waals surface area contributed by atoms with Crippen molar-refractivity contribution in [1.29, 1.82) is 0 Å². The van der Waals surface area contributed by atoms with Crippen LogP contribution in [0.4, 0.5) is 5.82 Å². The van der Waals surface area contributed by atoms with E-state index in [4.69, 9.17) is 9.47 Å². The molecule has 0 bridgehead atoms. The van der Waals surface area contributed by atoms with Crippen LogP contribution in [0.2, 0.25) is 0 Å². The Bertz CT molecular complexity index is 705. The number of morpholine rings is 1. The fourth-order valence-corrected chi connectivity index (χ4v) is 3.61. The summed E-state index contributed by atoms with van der Waals surface area (Å²) in [6, 6.07) is 2.06. The first-order chi connectivity index (χ1) is 10.5. The summed E-state index contributed by atoms with van der Waals surface area (Å²) >= 11 is 0. The zero-order chi connectivity index (χ0) is 15.4. The number of rotatable bonds is 1. The van der Waals surface area contributed by atoms with Crippen molar-refractivity contribution in [1.82, 2.24) is 19.6 Å². The van der Waals surface area contributed by atoms with Gasteiger partial charge in [-0.15, -0.1) is 0 Å². The van der Waals surface area contributed by atoms with Crippen LogP contribution in [0.3, 0.4) is 0 Å². The van der Waals surface area contributed by atoms with E-state index < -0.39 is 0 Å². The van der Waals surface area contributed by atoms with E-state index in [0.29, 0.717) is 12.4 Å². The summed E-state index contributed by atoms with van der Waals surface area (Å²) in [5.74, 6) is 1.65. The molecule has 0 N–H and O–H groups in total. The van der Waals surface area contributed by atoms with E-state index in [0.717, 1.165) is 37.6 Å². The van der Waals surface area contributed by atoms with E-state index in [2.05, 4.69) is 39.9 Å². The third-order valence-electron chi connectivity index (χ3n) is 4.30. The monoisotopic (exact) mass is 303 g/mol. The molecule has 1 unspecified atom stereocenters. The van der Waals surface area contributed by atoms with Crippen molar-refractivity contribution in [2.24, 2.45) is 0 Å². The Morgan fingerprint density at radius 1 is 1.27 bits per heavy atom. The fraction of sp³-hybridized carbons (Fsp3) is 0.667. The Balaban J connectivity index is 1.78. The first kappa shape index (κ1) is 13.9. The predicted octanol–water partition coefficient (Wildman–Crippen LogP) is 1.21. The fourth-order valence-electron chi connectivity index (χ4n) is 3.61. The highest BCUT2D eigenvalue weighted by molar-refractivity contribution is 5.48. The van der Waals surface area contributed by atoms with Crippen molar-refractivity contribution in [3.8, 4) is 0 Å². The lowest BCUT2D eigenvalue weighted by molar-refractivity contribution is -0.151. The van der Waals surface area contributed by atoms with E-state index in [1.165, 1.54) is 0 Å². The van der Waals surface area contributed by atoms with Gasteiger partial charge in [0.25, 0.3) is 5.78 Å². The minimum absolute atomic E-state index is 0.230. The number of aromatic nitrogens is 4. The molecule has 118 valence electrons. The molecule has 4 heterocycles.